The van der Waals surface area contributed by atoms with Crippen LogP contribution in [0.5, 0.6) is 0 Å². The van der Waals surface area contributed by atoms with Gasteiger partial charge >= 0.3 is 5.69 Å². The molecule has 2 heterocycles. The molecule has 2 fully saturated rings. The van der Waals surface area contributed by atoms with Gasteiger partial charge in [-0.2, -0.15) is 0 Å². The third-order valence-corrected chi connectivity index (χ3v) is 7.49. The van der Waals surface area contributed by atoms with E-state index in [0.29, 0.717) is 5.69 Å². The quantitative estimate of drug-likeness (QED) is 0.298. The number of carbonyl (C=O) groups excluding carboxylic acids is 1. The first-order valence-electron chi connectivity index (χ1n) is 13.0. The lowest BCUT2D eigenvalue weighted by atomic mass is 9.98. The highest BCUT2D eigenvalue weighted by atomic mass is 35.5. The molecule has 2 unspecified atom stereocenters. The lowest BCUT2D eigenvalue weighted by molar-refractivity contribution is -0.0259. The highest BCUT2D eigenvalue weighted by Crippen LogP contribution is 2.26. The van der Waals surface area contributed by atoms with Crippen LogP contribution in [-0.2, 0) is 11.3 Å². The third kappa shape index (κ3) is 6.98. The first-order valence-corrected chi connectivity index (χ1v) is 13.4. The van der Waals surface area contributed by atoms with Crippen molar-refractivity contribution in [3.63, 3.8) is 0 Å². The molecule has 2 atom stereocenters. The van der Waals surface area contributed by atoms with Gasteiger partial charge in [-0.3, -0.25) is 13.9 Å². The minimum absolute atomic E-state index is 0.0280. The highest BCUT2D eigenvalue weighted by Gasteiger charge is 2.24. The van der Waals surface area contributed by atoms with Crippen LogP contribution in [0, 0.1) is 5.92 Å². The van der Waals surface area contributed by atoms with Crippen molar-refractivity contribution < 1.29 is 19.7 Å². The van der Waals surface area contributed by atoms with Gasteiger partial charge in [0, 0.05) is 18.3 Å². The maximum Gasteiger partial charge on any atom is 0.332 e. The van der Waals surface area contributed by atoms with E-state index in [1.165, 1.54) is 9.13 Å². The van der Waals surface area contributed by atoms with E-state index in [9.17, 15) is 19.8 Å². The fraction of sp³-hybridized carbons (Fsp3) is 0.615. The first-order chi connectivity index (χ1) is 17.4. The average Bonchev–Trinajstić information content (AvgIpc) is 3.07. The summed E-state index contributed by atoms with van der Waals surface area (Å²) in [5, 5.41) is 27.2. The molecular formula is C26H37ClN4O5. The summed E-state index contributed by atoms with van der Waals surface area (Å²) < 4.78 is 8.61. The van der Waals surface area contributed by atoms with Gasteiger partial charge in [-0.1, -0.05) is 37.3 Å². The standard InChI is InChI=1S/C26H37ClN4O5/c27-23-8-7-19(15-22(23)25(34)29-24(33)18-5-3-1-2-4-6-18)31-14-13-30(26(31)35)16-20(32)17-36-21-9-11-28-12-10-21/h7-8,13-15,18,20-21,24,28,32-33H,1-6,9-12,16-17H2,(H,29,34). The number of nitrogens with one attached hydrogen (secondary N) is 2. The summed E-state index contributed by atoms with van der Waals surface area (Å²) in [5.74, 6) is -0.447. The number of piperidine rings is 1. The van der Waals surface area contributed by atoms with Crippen LogP contribution in [0.3, 0.4) is 0 Å². The van der Waals surface area contributed by atoms with Crippen LogP contribution in [0.25, 0.3) is 5.69 Å². The molecule has 0 radical (unpaired) electrons. The van der Waals surface area contributed by atoms with E-state index < -0.39 is 18.2 Å². The Bertz CT molecular complexity index is 1060. The van der Waals surface area contributed by atoms with Crippen molar-refractivity contribution in [3.05, 3.63) is 51.7 Å². The Hall–Kier alpha value is -2.17. The molecule has 36 heavy (non-hydrogen) atoms. The van der Waals surface area contributed by atoms with Crippen LogP contribution in [0.2, 0.25) is 5.02 Å². The summed E-state index contributed by atoms with van der Waals surface area (Å²) >= 11 is 6.30. The van der Waals surface area contributed by atoms with Crippen LogP contribution >= 0.6 is 11.6 Å². The summed E-state index contributed by atoms with van der Waals surface area (Å²) in [7, 11) is 0. The fourth-order valence-electron chi connectivity index (χ4n) is 5.03. The molecule has 2 aliphatic rings. The highest BCUT2D eigenvalue weighted by molar-refractivity contribution is 6.33. The van der Waals surface area contributed by atoms with Crippen molar-refractivity contribution >= 4 is 17.5 Å². The Morgan fingerprint density at radius 3 is 2.56 bits per heavy atom. The van der Waals surface area contributed by atoms with Crippen LogP contribution < -0.4 is 16.3 Å². The average molecular weight is 521 g/mol. The summed E-state index contributed by atoms with van der Waals surface area (Å²) in [4.78, 5) is 25.9. The fourth-order valence-corrected chi connectivity index (χ4v) is 5.23. The molecule has 4 rings (SSSR count). The third-order valence-electron chi connectivity index (χ3n) is 7.16. The number of amides is 1. The first kappa shape index (κ1) is 26.9. The van der Waals surface area contributed by atoms with Crippen molar-refractivity contribution in [2.24, 2.45) is 5.92 Å². The lowest BCUT2D eigenvalue weighted by Crippen LogP contribution is -2.40. The molecule has 1 aliphatic carbocycles. The van der Waals surface area contributed by atoms with Gasteiger partial charge in [0.25, 0.3) is 5.91 Å². The zero-order valence-electron chi connectivity index (χ0n) is 20.6. The monoisotopic (exact) mass is 520 g/mol. The maximum atomic E-state index is 13.0. The van der Waals surface area contributed by atoms with Gasteiger partial charge in [0.05, 0.1) is 41.6 Å². The largest absolute Gasteiger partial charge is 0.389 e. The second kappa shape index (κ2) is 12.9. The van der Waals surface area contributed by atoms with Crippen molar-refractivity contribution in [2.45, 2.75) is 76.3 Å². The van der Waals surface area contributed by atoms with Crippen molar-refractivity contribution in [2.75, 3.05) is 19.7 Å². The maximum absolute atomic E-state index is 13.0. The number of hydrogen-bond donors (Lipinski definition) is 4. The number of aliphatic hydroxyl groups excluding tert-OH is 2. The minimum Gasteiger partial charge on any atom is -0.389 e. The Morgan fingerprint density at radius 2 is 1.83 bits per heavy atom. The molecule has 1 saturated carbocycles. The molecule has 2 aromatic rings. The molecule has 0 spiro atoms. The van der Waals surface area contributed by atoms with E-state index in [-0.39, 0.29) is 41.4 Å². The van der Waals surface area contributed by atoms with Gasteiger partial charge < -0.3 is 25.6 Å². The summed E-state index contributed by atoms with van der Waals surface area (Å²) in [6.07, 6.45) is 9.55. The molecule has 1 aliphatic heterocycles. The smallest absolute Gasteiger partial charge is 0.332 e. The number of ether oxygens (including phenoxy) is 1. The molecule has 1 saturated heterocycles. The van der Waals surface area contributed by atoms with Gasteiger partial charge in [0.1, 0.15) is 6.23 Å². The van der Waals surface area contributed by atoms with Crippen molar-refractivity contribution in [3.8, 4) is 5.69 Å². The molecular weight excluding hydrogens is 484 g/mol. The van der Waals surface area contributed by atoms with E-state index in [4.69, 9.17) is 16.3 Å². The Labute approximate surface area is 216 Å². The molecule has 1 amide bonds. The molecule has 0 bridgehead atoms. The molecule has 1 aromatic carbocycles. The molecule has 1 aromatic heterocycles. The Balaban J connectivity index is 1.40. The second-order valence-corrected chi connectivity index (χ2v) is 10.3. The number of aromatic nitrogens is 2. The van der Waals surface area contributed by atoms with Gasteiger partial charge in [-0.05, 0) is 57.0 Å². The number of rotatable bonds is 9. The van der Waals surface area contributed by atoms with E-state index in [1.54, 1.807) is 30.6 Å². The SMILES string of the molecule is O=C(NC(O)C1CCCCCC1)c1cc(-n2ccn(CC(O)COC3CCNCC3)c2=O)ccc1Cl. The second-order valence-electron chi connectivity index (χ2n) is 9.87. The predicted octanol–water partition coefficient (Wildman–Crippen LogP) is 2.44. The molecule has 4 N–H and O–H groups in total. The molecule has 9 nitrogen and oxygen atoms in total. The summed E-state index contributed by atoms with van der Waals surface area (Å²) in [6, 6.07) is 4.76. The van der Waals surface area contributed by atoms with Crippen LogP contribution in [0.4, 0.5) is 0 Å². The van der Waals surface area contributed by atoms with Crippen molar-refractivity contribution in [1.82, 2.24) is 19.8 Å². The molecule has 10 heteroatoms. The number of aliphatic hydroxyl groups is 2. The van der Waals surface area contributed by atoms with Gasteiger partial charge in [-0.15, -0.1) is 0 Å². The predicted molar refractivity (Wildman–Crippen MR) is 138 cm³/mol. The van der Waals surface area contributed by atoms with Gasteiger partial charge in [0.2, 0.25) is 0 Å². The van der Waals surface area contributed by atoms with E-state index in [1.807, 2.05) is 0 Å². The minimum atomic E-state index is -0.937. The van der Waals surface area contributed by atoms with Gasteiger partial charge in [0.15, 0.2) is 0 Å². The van der Waals surface area contributed by atoms with Crippen LogP contribution in [-0.4, -0.2) is 63.4 Å². The number of imidazole rings is 1. The van der Waals surface area contributed by atoms with Crippen molar-refractivity contribution in [1.29, 1.82) is 0 Å². The van der Waals surface area contributed by atoms with Crippen LogP contribution in [0.15, 0.2) is 35.4 Å². The Morgan fingerprint density at radius 1 is 1.11 bits per heavy atom. The zero-order valence-corrected chi connectivity index (χ0v) is 21.3. The number of benzene rings is 1. The van der Waals surface area contributed by atoms with Gasteiger partial charge in [-0.25, -0.2) is 4.79 Å². The number of hydrogen-bond acceptors (Lipinski definition) is 6. The number of carbonyl (C=O) groups is 1. The zero-order chi connectivity index (χ0) is 25.5. The molecule has 198 valence electrons. The topological polar surface area (TPSA) is 118 Å². The van der Waals surface area contributed by atoms with Crippen LogP contribution in [0.1, 0.15) is 61.7 Å². The van der Waals surface area contributed by atoms with E-state index in [2.05, 4.69) is 10.6 Å². The number of halogens is 1. The normalized spacial score (nSPS) is 19.5. The summed E-state index contributed by atoms with van der Waals surface area (Å²) in [6.45, 7) is 2.08. The number of nitrogens with zero attached hydrogens (tertiary/aromatic N) is 2. The Kier molecular flexibility index (Phi) is 9.61. The van der Waals surface area contributed by atoms with E-state index in [0.717, 1.165) is 64.5 Å². The lowest BCUT2D eigenvalue weighted by Gasteiger charge is -2.24. The van der Waals surface area contributed by atoms with E-state index >= 15 is 0 Å². The summed E-state index contributed by atoms with van der Waals surface area (Å²) in [5.41, 5.74) is 0.317.